The molecule has 0 saturated heterocycles. The molecule has 0 unspecified atom stereocenters. The molecule has 0 atom stereocenters. The van der Waals surface area contributed by atoms with Crippen LogP contribution in [0, 0.1) is 11.2 Å². The molecule has 5 heteroatoms. The summed E-state index contributed by atoms with van der Waals surface area (Å²) in [5, 5.41) is 16.1. The zero-order valence-electron chi connectivity index (χ0n) is 13.7. The van der Waals surface area contributed by atoms with Gasteiger partial charge in [-0.3, -0.25) is 4.99 Å². The molecular weight excluding hydrogens is 293 g/mol. The molecule has 1 aromatic carbocycles. The summed E-state index contributed by atoms with van der Waals surface area (Å²) in [6.45, 7) is 4.46. The van der Waals surface area contributed by atoms with Crippen molar-refractivity contribution in [1.29, 1.82) is 0 Å². The Bertz CT molecular complexity index is 579. The summed E-state index contributed by atoms with van der Waals surface area (Å²) in [5.74, 6) is 0.614. The second kappa shape index (κ2) is 6.48. The molecule has 1 aromatic rings. The van der Waals surface area contributed by atoms with Gasteiger partial charge in [-0.05, 0) is 50.3 Å². The molecule has 3 rings (SSSR count). The highest BCUT2D eigenvalue weighted by atomic mass is 19.1. The molecule has 0 amide bonds. The Morgan fingerprint density at radius 2 is 2.04 bits per heavy atom. The van der Waals surface area contributed by atoms with Crippen molar-refractivity contribution in [1.82, 2.24) is 10.6 Å². The maximum absolute atomic E-state index is 13.5. The molecular formula is C18H26FN3O. The van der Waals surface area contributed by atoms with Crippen LogP contribution in [0.5, 0.6) is 0 Å². The Hall–Kier alpha value is -1.62. The number of aliphatic hydroxyl groups excluding tert-OH is 1. The lowest BCUT2D eigenvalue weighted by Gasteiger charge is -2.19. The quantitative estimate of drug-likeness (QED) is 0.533. The Morgan fingerprint density at radius 1 is 1.26 bits per heavy atom. The van der Waals surface area contributed by atoms with Crippen LogP contribution in [0.3, 0.4) is 0 Å². The molecule has 0 radical (unpaired) electrons. The van der Waals surface area contributed by atoms with Gasteiger partial charge in [0.1, 0.15) is 5.82 Å². The third-order valence-corrected chi connectivity index (χ3v) is 5.09. The Labute approximate surface area is 137 Å². The van der Waals surface area contributed by atoms with E-state index in [-0.39, 0.29) is 23.3 Å². The minimum absolute atomic E-state index is 0.0160. The van der Waals surface area contributed by atoms with Gasteiger partial charge in [-0.1, -0.05) is 12.1 Å². The number of guanidine groups is 1. The van der Waals surface area contributed by atoms with Gasteiger partial charge < -0.3 is 15.7 Å². The van der Waals surface area contributed by atoms with Crippen molar-refractivity contribution in [2.45, 2.75) is 38.0 Å². The topological polar surface area (TPSA) is 56.7 Å². The summed E-state index contributed by atoms with van der Waals surface area (Å²) < 4.78 is 13.5. The number of halogens is 1. The van der Waals surface area contributed by atoms with Gasteiger partial charge in [-0.15, -0.1) is 0 Å². The molecule has 0 aliphatic heterocycles. The van der Waals surface area contributed by atoms with Crippen molar-refractivity contribution in [3.05, 3.63) is 35.6 Å². The normalized spacial score (nSPS) is 20.9. The van der Waals surface area contributed by atoms with E-state index in [0.29, 0.717) is 6.54 Å². The minimum Gasteiger partial charge on any atom is -0.396 e. The Morgan fingerprint density at radius 3 is 2.61 bits per heavy atom. The average molecular weight is 319 g/mol. The zero-order chi connectivity index (χ0) is 16.3. The molecule has 2 aliphatic rings. The lowest BCUT2D eigenvalue weighted by molar-refractivity contribution is 0.217. The van der Waals surface area contributed by atoms with E-state index in [4.69, 9.17) is 0 Å². The number of benzene rings is 1. The van der Waals surface area contributed by atoms with E-state index in [1.54, 1.807) is 12.1 Å². The van der Waals surface area contributed by atoms with Crippen LogP contribution in [-0.2, 0) is 5.41 Å². The van der Waals surface area contributed by atoms with Crippen molar-refractivity contribution in [3.63, 3.8) is 0 Å². The van der Waals surface area contributed by atoms with Crippen LogP contribution in [-0.4, -0.2) is 37.3 Å². The van der Waals surface area contributed by atoms with Gasteiger partial charge in [0.2, 0.25) is 0 Å². The Kier molecular flexibility index (Phi) is 4.57. The van der Waals surface area contributed by atoms with Gasteiger partial charge in [0, 0.05) is 23.9 Å². The monoisotopic (exact) mass is 319 g/mol. The highest BCUT2D eigenvalue weighted by molar-refractivity contribution is 5.80. The lowest BCUT2D eigenvalue weighted by Crippen LogP contribution is -2.41. The van der Waals surface area contributed by atoms with Gasteiger partial charge in [0.05, 0.1) is 13.2 Å². The number of hydrogen-bond donors (Lipinski definition) is 3. The predicted octanol–water partition coefficient (Wildman–Crippen LogP) is 2.18. The predicted molar refractivity (Wildman–Crippen MR) is 90.0 cm³/mol. The van der Waals surface area contributed by atoms with Crippen LogP contribution in [0.2, 0.25) is 0 Å². The summed E-state index contributed by atoms with van der Waals surface area (Å²) in [6, 6.07) is 6.92. The van der Waals surface area contributed by atoms with E-state index in [1.165, 1.54) is 6.07 Å². The summed E-state index contributed by atoms with van der Waals surface area (Å²) in [6.07, 6.45) is 4.26. The van der Waals surface area contributed by atoms with Crippen molar-refractivity contribution in [2.75, 3.05) is 26.2 Å². The standard InChI is InChI=1S/C18H26FN3O/c1-2-20-16(21-11-17(13-23)6-7-17)22-12-18(8-9-18)14-4-3-5-15(19)10-14/h3-5,10,23H,2,6-9,11-13H2,1H3,(H2,20,21,22). The van der Waals surface area contributed by atoms with Crippen molar-refractivity contribution < 1.29 is 9.50 Å². The summed E-state index contributed by atoms with van der Waals surface area (Å²) in [7, 11) is 0. The number of nitrogens with zero attached hydrogens (tertiary/aromatic N) is 1. The fraction of sp³-hybridized carbons (Fsp3) is 0.611. The fourth-order valence-electron chi connectivity index (χ4n) is 2.92. The van der Waals surface area contributed by atoms with Crippen LogP contribution in [0.25, 0.3) is 0 Å². The van der Waals surface area contributed by atoms with Crippen LogP contribution in [0.1, 0.15) is 38.2 Å². The maximum atomic E-state index is 13.5. The SMILES string of the molecule is CCNC(=NCC1(CO)CC1)NCC1(c2cccc(F)c2)CC1. The van der Waals surface area contributed by atoms with Crippen LogP contribution >= 0.6 is 0 Å². The number of aliphatic imine (C=N–C) groups is 1. The van der Waals surface area contributed by atoms with Gasteiger partial charge in [0.15, 0.2) is 5.96 Å². The molecule has 3 N–H and O–H groups in total. The second-order valence-corrected chi connectivity index (χ2v) is 7.00. The molecule has 126 valence electrons. The van der Waals surface area contributed by atoms with Crippen molar-refractivity contribution in [3.8, 4) is 0 Å². The van der Waals surface area contributed by atoms with E-state index in [1.807, 2.05) is 13.0 Å². The van der Waals surface area contributed by atoms with E-state index in [2.05, 4.69) is 15.6 Å². The van der Waals surface area contributed by atoms with E-state index < -0.39 is 0 Å². The van der Waals surface area contributed by atoms with Crippen LogP contribution < -0.4 is 10.6 Å². The first-order valence-electron chi connectivity index (χ1n) is 8.51. The largest absolute Gasteiger partial charge is 0.396 e. The molecule has 0 aromatic heterocycles. The first-order valence-corrected chi connectivity index (χ1v) is 8.51. The molecule has 0 heterocycles. The average Bonchev–Trinajstić information content (AvgIpc) is 3.46. The summed E-state index contributed by atoms with van der Waals surface area (Å²) in [5.41, 5.74) is 1.12. The van der Waals surface area contributed by atoms with E-state index in [9.17, 15) is 9.50 Å². The molecule has 23 heavy (non-hydrogen) atoms. The maximum Gasteiger partial charge on any atom is 0.191 e. The van der Waals surface area contributed by atoms with Gasteiger partial charge in [-0.25, -0.2) is 4.39 Å². The smallest absolute Gasteiger partial charge is 0.191 e. The van der Waals surface area contributed by atoms with Crippen LogP contribution in [0.4, 0.5) is 4.39 Å². The van der Waals surface area contributed by atoms with Crippen molar-refractivity contribution in [2.24, 2.45) is 10.4 Å². The minimum atomic E-state index is -0.173. The van der Waals surface area contributed by atoms with Crippen LogP contribution in [0.15, 0.2) is 29.3 Å². The number of hydrogen-bond acceptors (Lipinski definition) is 2. The molecule has 4 nitrogen and oxygen atoms in total. The molecule has 2 aliphatic carbocycles. The first-order chi connectivity index (χ1) is 11.1. The molecule has 2 fully saturated rings. The molecule has 0 spiro atoms. The fourth-order valence-corrected chi connectivity index (χ4v) is 2.92. The van der Waals surface area contributed by atoms with Crippen molar-refractivity contribution >= 4 is 5.96 Å². The second-order valence-electron chi connectivity index (χ2n) is 7.00. The third-order valence-electron chi connectivity index (χ3n) is 5.09. The van der Waals surface area contributed by atoms with Gasteiger partial charge in [-0.2, -0.15) is 0 Å². The number of nitrogens with one attached hydrogen (secondary N) is 2. The van der Waals surface area contributed by atoms with E-state index >= 15 is 0 Å². The molecule has 2 saturated carbocycles. The molecule has 0 bridgehead atoms. The summed E-state index contributed by atoms with van der Waals surface area (Å²) in [4.78, 5) is 4.62. The van der Waals surface area contributed by atoms with Gasteiger partial charge >= 0.3 is 0 Å². The number of rotatable bonds is 7. The zero-order valence-corrected chi connectivity index (χ0v) is 13.7. The summed E-state index contributed by atoms with van der Waals surface area (Å²) >= 11 is 0. The highest BCUT2D eigenvalue weighted by Crippen LogP contribution is 2.48. The van der Waals surface area contributed by atoms with Gasteiger partial charge in [0.25, 0.3) is 0 Å². The Balaban J connectivity index is 1.61. The first kappa shape index (κ1) is 16.2. The lowest BCUT2D eigenvalue weighted by atomic mass is 9.96. The third kappa shape index (κ3) is 3.83. The van der Waals surface area contributed by atoms with E-state index in [0.717, 1.165) is 50.3 Å². The highest BCUT2D eigenvalue weighted by Gasteiger charge is 2.44. The number of aliphatic hydroxyl groups is 1.